The molecule has 0 unspecified atom stereocenters. The van der Waals surface area contributed by atoms with Crippen LogP contribution in [0.2, 0.25) is 0 Å². The van der Waals surface area contributed by atoms with Gasteiger partial charge < -0.3 is 15.1 Å². The number of pyridine rings is 1. The Bertz CT molecular complexity index is 428. The van der Waals surface area contributed by atoms with Crippen molar-refractivity contribution in [3.05, 3.63) is 24.0 Å². The van der Waals surface area contributed by atoms with E-state index in [0.29, 0.717) is 0 Å². The molecule has 1 aromatic rings. The van der Waals surface area contributed by atoms with Gasteiger partial charge in [-0.3, -0.25) is 4.98 Å². The summed E-state index contributed by atoms with van der Waals surface area (Å²) in [5, 5.41) is 3.47. The highest BCUT2D eigenvalue weighted by Crippen LogP contribution is 2.18. The second kappa shape index (κ2) is 6.55. The quantitative estimate of drug-likeness (QED) is 0.905. The second-order valence-corrected chi connectivity index (χ2v) is 6.16. The molecule has 4 nitrogen and oxygen atoms in total. The lowest BCUT2D eigenvalue weighted by Gasteiger charge is -2.25. The molecule has 2 fully saturated rings. The minimum absolute atomic E-state index is 0.865. The van der Waals surface area contributed by atoms with Gasteiger partial charge in [0.25, 0.3) is 0 Å². The largest absolute Gasteiger partial charge is 0.370 e. The smallest absolute Gasteiger partial charge is 0.0400 e. The van der Waals surface area contributed by atoms with E-state index in [1.54, 1.807) is 0 Å². The molecule has 0 bridgehead atoms. The standard InChI is InChI=1S/C16H26N4/c1-14-11-16(4-6-18-14)20-8-2-7-19(9-10-20)13-15-3-5-17-12-15/h4,6,11,15,17H,2-3,5,7-10,12-13H2,1H3/t15-/m1/s1. The first-order chi connectivity index (χ1) is 9.81. The van der Waals surface area contributed by atoms with E-state index in [9.17, 15) is 0 Å². The Morgan fingerprint density at radius 2 is 2.25 bits per heavy atom. The molecule has 0 aliphatic carbocycles. The van der Waals surface area contributed by atoms with Crippen molar-refractivity contribution < 1.29 is 0 Å². The summed E-state index contributed by atoms with van der Waals surface area (Å²) in [6.45, 7) is 10.5. The molecule has 0 saturated carbocycles. The lowest BCUT2D eigenvalue weighted by molar-refractivity contribution is 0.252. The van der Waals surface area contributed by atoms with Crippen molar-refractivity contribution in [3.63, 3.8) is 0 Å². The number of rotatable bonds is 3. The molecule has 0 radical (unpaired) electrons. The van der Waals surface area contributed by atoms with Crippen LogP contribution in [0.25, 0.3) is 0 Å². The molecular formula is C16H26N4. The number of aromatic nitrogens is 1. The summed E-state index contributed by atoms with van der Waals surface area (Å²) >= 11 is 0. The van der Waals surface area contributed by atoms with Crippen molar-refractivity contribution in [1.82, 2.24) is 15.2 Å². The zero-order valence-electron chi connectivity index (χ0n) is 12.5. The molecule has 1 atom stereocenters. The fourth-order valence-corrected chi connectivity index (χ4v) is 3.37. The van der Waals surface area contributed by atoms with E-state index in [-0.39, 0.29) is 0 Å². The molecule has 1 aromatic heterocycles. The Hall–Kier alpha value is -1.13. The van der Waals surface area contributed by atoms with Crippen molar-refractivity contribution in [2.45, 2.75) is 19.8 Å². The fraction of sp³-hybridized carbons (Fsp3) is 0.688. The van der Waals surface area contributed by atoms with E-state index in [0.717, 1.165) is 18.2 Å². The topological polar surface area (TPSA) is 31.4 Å². The summed E-state index contributed by atoms with van der Waals surface area (Å²) in [5.74, 6) is 0.865. The second-order valence-electron chi connectivity index (χ2n) is 6.16. The zero-order chi connectivity index (χ0) is 13.8. The number of nitrogens with zero attached hydrogens (tertiary/aromatic N) is 3. The van der Waals surface area contributed by atoms with Crippen molar-refractivity contribution in [3.8, 4) is 0 Å². The van der Waals surface area contributed by atoms with Gasteiger partial charge in [0.15, 0.2) is 0 Å². The van der Waals surface area contributed by atoms with E-state index >= 15 is 0 Å². The maximum Gasteiger partial charge on any atom is 0.0400 e. The third-order valence-corrected chi connectivity index (χ3v) is 4.51. The molecule has 3 rings (SSSR count). The first-order valence-corrected chi connectivity index (χ1v) is 7.92. The van der Waals surface area contributed by atoms with Gasteiger partial charge in [-0.25, -0.2) is 0 Å². The monoisotopic (exact) mass is 274 g/mol. The molecule has 2 aliphatic heterocycles. The first-order valence-electron chi connectivity index (χ1n) is 7.92. The average Bonchev–Trinajstić information content (AvgIpc) is 2.84. The third-order valence-electron chi connectivity index (χ3n) is 4.51. The van der Waals surface area contributed by atoms with Gasteiger partial charge in [0.1, 0.15) is 0 Å². The average molecular weight is 274 g/mol. The molecular weight excluding hydrogens is 248 g/mol. The van der Waals surface area contributed by atoms with Gasteiger partial charge in [0.05, 0.1) is 0 Å². The van der Waals surface area contributed by atoms with Crippen LogP contribution >= 0.6 is 0 Å². The Kier molecular flexibility index (Phi) is 4.53. The molecule has 2 aliphatic rings. The van der Waals surface area contributed by atoms with Crippen LogP contribution in [-0.2, 0) is 0 Å². The SMILES string of the molecule is Cc1cc(N2CCCN(C[C@@H]3CCNC3)CC2)ccn1. The van der Waals surface area contributed by atoms with Gasteiger partial charge in [0, 0.05) is 43.8 Å². The molecule has 0 aromatic carbocycles. The predicted octanol–water partition coefficient (Wildman–Crippen LogP) is 1.51. The third kappa shape index (κ3) is 3.49. The maximum atomic E-state index is 4.30. The summed E-state index contributed by atoms with van der Waals surface area (Å²) in [4.78, 5) is 9.47. The predicted molar refractivity (Wildman–Crippen MR) is 83.2 cm³/mol. The van der Waals surface area contributed by atoms with Gasteiger partial charge in [0.2, 0.25) is 0 Å². The molecule has 0 spiro atoms. The molecule has 110 valence electrons. The summed E-state index contributed by atoms with van der Waals surface area (Å²) in [7, 11) is 0. The van der Waals surface area contributed by atoms with Crippen molar-refractivity contribution >= 4 is 5.69 Å². The summed E-state index contributed by atoms with van der Waals surface area (Å²) in [5.41, 5.74) is 2.45. The number of aryl methyl sites for hydroxylation is 1. The van der Waals surface area contributed by atoms with Crippen LogP contribution in [0.5, 0.6) is 0 Å². The van der Waals surface area contributed by atoms with Crippen LogP contribution in [-0.4, -0.2) is 55.7 Å². The molecule has 0 amide bonds. The molecule has 1 N–H and O–H groups in total. The molecule has 2 saturated heterocycles. The Balaban J connectivity index is 1.56. The van der Waals surface area contributed by atoms with E-state index in [2.05, 4.69) is 39.2 Å². The number of hydrogen-bond acceptors (Lipinski definition) is 4. The summed E-state index contributed by atoms with van der Waals surface area (Å²) < 4.78 is 0. The Labute approximate surface area is 122 Å². The van der Waals surface area contributed by atoms with E-state index in [1.807, 2.05) is 6.20 Å². The van der Waals surface area contributed by atoms with Gasteiger partial charge in [-0.2, -0.15) is 0 Å². The van der Waals surface area contributed by atoms with E-state index < -0.39 is 0 Å². The van der Waals surface area contributed by atoms with Crippen LogP contribution in [0.1, 0.15) is 18.5 Å². The highest BCUT2D eigenvalue weighted by molar-refractivity contribution is 5.46. The van der Waals surface area contributed by atoms with E-state index in [1.165, 1.54) is 57.8 Å². The summed E-state index contributed by atoms with van der Waals surface area (Å²) in [6, 6.07) is 4.35. The lowest BCUT2D eigenvalue weighted by atomic mass is 10.1. The lowest BCUT2D eigenvalue weighted by Crippen LogP contribution is -2.34. The van der Waals surface area contributed by atoms with Crippen LogP contribution < -0.4 is 10.2 Å². The van der Waals surface area contributed by atoms with Gasteiger partial charge >= 0.3 is 0 Å². The molecule has 20 heavy (non-hydrogen) atoms. The van der Waals surface area contributed by atoms with Crippen LogP contribution in [0.15, 0.2) is 18.3 Å². The zero-order valence-corrected chi connectivity index (χ0v) is 12.5. The minimum Gasteiger partial charge on any atom is -0.370 e. The van der Waals surface area contributed by atoms with Crippen LogP contribution in [0.3, 0.4) is 0 Å². The number of nitrogens with one attached hydrogen (secondary N) is 1. The van der Waals surface area contributed by atoms with Crippen LogP contribution in [0.4, 0.5) is 5.69 Å². The maximum absolute atomic E-state index is 4.30. The number of anilines is 1. The van der Waals surface area contributed by atoms with Crippen molar-refractivity contribution in [1.29, 1.82) is 0 Å². The van der Waals surface area contributed by atoms with Crippen molar-refractivity contribution in [2.24, 2.45) is 5.92 Å². The Morgan fingerprint density at radius 1 is 1.30 bits per heavy atom. The van der Waals surface area contributed by atoms with E-state index in [4.69, 9.17) is 0 Å². The van der Waals surface area contributed by atoms with Gasteiger partial charge in [-0.05, 0) is 57.5 Å². The fourth-order valence-electron chi connectivity index (χ4n) is 3.37. The highest BCUT2D eigenvalue weighted by Gasteiger charge is 2.20. The van der Waals surface area contributed by atoms with Crippen LogP contribution in [0, 0.1) is 12.8 Å². The van der Waals surface area contributed by atoms with Gasteiger partial charge in [-0.1, -0.05) is 0 Å². The molecule has 3 heterocycles. The Morgan fingerprint density at radius 3 is 3.05 bits per heavy atom. The summed E-state index contributed by atoms with van der Waals surface area (Å²) in [6.07, 6.45) is 4.54. The van der Waals surface area contributed by atoms with Gasteiger partial charge in [-0.15, -0.1) is 0 Å². The number of hydrogen-bond donors (Lipinski definition) is 1. The normalized spacial score (nSPS) is 24.9. The minimum atomic E-state index is 0.865. The highest BCUT2D eigenvalue weighted by atomic mass is 15.2. The molecule has 4 heteroatoms. The van der Waals surface area contributed by atoms with Crippen molar-refractivity contribution in [2.75, 3.05) is 50.7 Å². The first kappa shape index (κ1) is 13.8.